The molecule has 22 heavy (non-hydrogen) atoms. The fraction of sp³-hybridized carbons (Fsp3) is 0.312. The van der Waals surface area contributed by atoms with Gasteiger partial charge in [-0.25, -0.2) is 9.78 Å². The van der Waals surface area contributed by atoms with Crippen molar-refractivity contribution in [1.29, 1.82) is 0 Å². The lowest BCUT2D eigenvalue weighted by Gasteiger charge is -2.16. The lowest BCUT2D eigenvalue weighted by molar-refractivity contribution is -0.149. The van der Waals surface area contributed by atoms with Crippen LogP contribution in [0.15, 0.2) is 45.8 Å². The maximum atomic E-state index is 12.5. The summed E-state index contributed by atoms with van der Waals surface area (Å²) in [5.41, 5.74) is 0.722. The Morgan fingerprint density at radius 1 is 1.36 bits per heavy atom. The molecule has 3 unspecified atom stereocenters. The van der Waals surface area contributed by atoms with E-state index in [0.29, 0.717) is 10.3 Å². The molecule has 1 saturated carbocycles. The topological polar surface area (TPSA) is 61.2 Å². The summed E-state index contributed by atoms with van der Waals surface area (Å²) in [7, 11) is 0. The van der Waals surface area contributed by atoms with E-state index in [9.17, 15) is 9.59 Å². The van der Waals surface area contributed by atoms with Gasteiger partial charge < -0.3 is 4.74 Å². The first-order chi connectivity index (χ1) is 10.7. The molecular weight excluding hydrogens is 348 g/mol. The van der Waals surface area contributed by atoms with Gasteiger partial charge in [0, 0.05) is 18.0 Å². The van der Waals surface area contributed by atoms with Gasteiger partial charge in [0.1, 0.15) is 22.9 Å². The van der Waals surface area contributed by atoms with Crippen molar-refractivity contribution in [1.82, 2.24) is 9.55 Å². The fourth-order valence-electron chi connectivity index (χ4n) is 3.15. The maximum Gasteiger partial charge on any atom is 0.329 e. The van der Waals surface area contributed by atoms with Gasteiger partial charge in [0.15, 0.2) is 0 Å². The molecular formula is C16H13BrN2O3. The maximum absolute atomic E-state index is 12.5. The molecule has 2 aliphatic rings. The van der Waals surface area contributed by atoms with Gasteiger partial charge in [0.2, 0.25) is 0 Å². The molecule has 4 rings (SSSR count). The molecule has 0 saturated heterocycles. The lowest BCUT2D eigenvalue weighted by atomic mass is 10.2. The molecule has 5 nitrogen and oxygen atoms in total. The van der Waals surface area contributed by atoms with Crippen LogP contribution in [0, 0.1) is 5.92 Å². The number of rotatable bonds is 3. The van der Waals surface area contributed by atoms with Crippen molar-refractivity contribution in [3.05, 3.63) is 62.7 Å². The Labute approximate surface area is 135 Å². The van der Waals surface area contributed by atoms with Crippen molar-refractivity contribution >= 4 is 21.9 Å². The molecule has 1 aliphatic carbocycles. The minimum atomic E-state index is -0.541. The second-order valence-corrected chi connectivity index (χ2v) is 6.54. The summed E-state index contributed by atoms with van der Waals surface area (Å²) >= 11 is 3.19. The van der Waals surface area contributed by atoms with E-state index in [-0.39, 0.29) is 30.0 Å². The zero-order valence-electron chi connectivity index (χ0n) is 11.6. The molecule has 1 aromatic carbocycles. The predicted octanol–water partition coefficient (Wildman–Crippen LogP) is 2.41. The smallest absolute Gasteiger partial charge is 0.329 e. The summed E-state index contributed by atoms with van der Waals surface area (Å²) in [6.07, 6.45) is 2.42. The van der Waals surface area contributed by atoms with Crippen molar-refractivity contribution in [3.8, 4) is 0 Å². The second-order valence-electron chi connectivity index (χ2n) is 5.68. The molecule has 0 spiro atoms. The number of fused-ring (bicyclic) bond motifs is 3. The van der Waals surface area contributed by atoms with Crippen LogP contribution in [-0.2, 0) is 16.1 Å². The number of esters is 1. The van der Waals surface area contributed by atoms with Gasteiger partial charge in [0.05, 0.1) is 0 Å². The highest BCUT2D eigenvalue weighted by atomic mass is 79.9. The molecule has 2 heterocycles. The molecule has 0 bridgehead atoms. The Kier molecular flexibility index (Phi) is 3.14. The zero-order valence-corrected chi connectivity index (χ0v) is 13.2. The molecule has 6 heteroatoms. The van der Waals surface area contributed by atoms with E-state index >= 15 is 0 Å². The van der Waals surface area contributed by atoms with Gasteiger partial charge >= 0.3 is 5.97 Å². The minimum Gasteiger partial charge on any atom is -0.459 e. The fourth-order valence-corrected chi connectivity index (χ4v) is 3.44. The van der Waals surface area contributed by atoms with E-state index in [1.165, 1.54) is 10.8 Å². The quantitative estimate of drug-likeness (QED) is 0.788. The van der Waals surface area contributed by atoms with Crippen LogP contribution in [-0.4, -0.2) is 15.5 Å². The monoisotopic (exact) mass is 360 g/mol. The third-order valence-corrected chi connectivity index (χ3v) is 4.84. The van der Waals surface area contributed by atoms with Crippen LogP contribution < -0.4 is 5.56 Å². The SMILES string of the molecule is O=C(OCc1ccccc1)C1C2CC2c2ncc(Br)c(=O)n21. The Morgan fingerprint density at radius 3 is 2.91 bits per heavy atom. The van der Waals surface area contributed by atoms with Crippen LogP contribution in [0.25, 0.3) is 0 Å². The molecule has 3 atom stereocenters. The van der Waals surface area contributed by atoms with Crippen LogP contribution >= 0.6 is 15.9 Å². The summed E-state index contributed by atoms with van der Waals surface area (Å²) in [6, 6.07) is 8.98. The van der Waals surface area contributed by atoms with Crippen LogP contribution in [0.3, 0.4) is 0 Å². The van der Waals surface area contributed by atoms with Crippen LogP contribution in [0.5, 0.6) is 0 Å². The summed E-state index contributed by atoms with van der Waals surface area (Å²) in [5, 5.41) is 0. The Bertz CT molecular complexity index is 803. The van der Waals surface area contributed by atoms with Crippen molar-refractivity contribution in [2.24, 2.45) is 5.92 Å². The summed E-state index contributed by atoms with van der Waals surface area (Å²) in [5.74, 6) is 0.727. The normalized spacial score (nSPS) is 24.5. The molecule has 0 radical (unpaired) electrons. The zero-order chi connectivity index (χ0) is 15.3. The Hall–Kier alpha value is -1.95. The standard InChI is InChI=1S/C16H13BrN2O3/c17-12-7-18-14-11-6-10(11)13(19(14)15(12)20)16(21)22-8-9-4-2-1-3-5-9/h1-5,7,10-11,13H,6,8H2. The lowest BCUT2D eigenvalue weighted by Crippen LogP contribution is -2.32. The summed E-state index contributed by atoms with van der Waals surface area (Å²) in [4.78, 5) is 29.0. The van der Waals surface area contributed by atoms with Gasteiger partial charge in [-0.3, -0.25) is 9.36 Å². The second kappa shape index (κ2) is 5.05. The molecule has 2 aromatic rings. The van der Waals surface area contributed by atoms with Gasteiger partial charge in [0.25, 0.3) is 5.56 Å². The number of benzene rings is 1. The number of hydrogen-bond donors (Lipinski definition) is 0. The third kappa shape index (κ3) is 2.09. The first-order valence-electron chi connectivity index (χ1n) is 7.14. The first-order valence-corrected chi connectivity index (χ1v) is 7.93. The van der Waals surface area contributed by atoms with Gasteiger partial charge in [-0.15, -0.1) is 0 Å². The molecule has 112 valence electrons. The van der Waals surface area contributed by atoms with Crippen molar-refractivity contribution < 1.29 is 9.53 Å². The number of ether oxygens (including phenoxy) is 1. The van der Waals surface area contributed by atoms with Crippen molar-refractivity contribution in [3.63, 3.8) is 0 Å². The average Bonchev–Trinajstić information content (AvgIpc) is 3.25. The number of hydrogen-bond acceptors (Lipinski definition) is 4. The largest absolute Gasteiger partial charge is 0.459 e. The molecule has 0 N–H and O–H groups in total. The third-order valence-electron chi connectivity index (χ3n) is 4.30. The number of carbonyl (C=O) groups is 1. The van der Waals surface area contributed by atoms with E-state index in [1.807, 2.05) is 30.3 Å². The highest BCUT2D eigenvalue weighted by Crippen LogP contribution is 2.58. The van der Waals surface area contributed by atoms with Gasteiger partial charge in [-0.2, -0.15) is 0 Å². The molecule has 1 aromatic heterocycles. The van der Waals surface area contributed by atoms with Crippen LogP contribution in [0.2, 0.25) is 0 Å². The highest BCUT2D eigenvalue weighted by Gasteiger charge is 2.57. The minimum absolute atomic E-state index is 0.151. The van der Waals surface area contributed by atoms with Crippen molar-refractivity contribution in [2.75, 3.05) is 0 Å². The number of halogens is 1. The summed E-state index contributed by atoms with van der Waals surface area (Å²) in [6.45, 7) is 0.221. The van der Waals surface area contributed by atoms with E-state index in [0.717, 1.165) is 12.0 Å². The van der Waals surface area contributed by atoms with E-state index in [1.54, 1.807) is 0 Å². The van der Waals surface area contributed by atoms with Gasteiger partial charge in [-0.1, -0.05) is 30.3 Å². The first kappa shape index (κ1) is 13.7. The van der Waals surface area contributed by atoms with Crippen LogP contribution in [0.1, 0.15) is 29.8 Å². The highest BCUT2D eigenvalue weighted by molar-refractivity contribution is 9.10. The molecule has 1 fully saturated rings. The Morgan fingerprint density at radius 2 is 2.14 bits per heavy atom. The van der Waals surface area contributed by atoms with Gasteiger partial charge in [-0.05, 0) is 27.9 Å². The average molecular weight is 361 g/mol. The molecule has 0 amide bonds. The van der Waals surface area contributed by atoms with E-state index in [4.69, 9.17) is 4.74 Å². The Balaban J connectivity index is 1.58. The molecule has 1 aliphatic heterocycles. The van der Waals surface area contributed by atoms with E-state index < -0.39 is 6.04 Å². The van der Waals surface area contributed by atoms with Crippen molar-refractivity contribution in [2.45, 2.75) is 25.0 Å². The summed E-state index contributed by atoms with van der Waals surface area (Å²) < 4.78 is 7.29. The predicted molar refractivity (Wildman–Crippen MR) is 82.3 cm³/mol. The number of aromatic nitrogens is 2. The van der Waals surface area contributed by atoms with Crippen LogP contribution in [0.4, 0.5) is 0 Å². The van der Waals surface area contributed by atoms with E-state index in [2.05, 4.69) is 20.9 Å². The number of carbonyl (C=O) groups excluding carboxylic acids is 1. The number of nitrogens with zero attached hydrogens (tertiary/aromatic N) is 2.